The second-order valence-corrected chi connectivity index (χ2v) is 6.78. The molecule has 0 unspecified atom stereocenters. The van der Waals surface area contributed by atoms with Gasteiger partial charge < -0.3 is 15.6 Å². The van der Waals surface area contributed by atoms with Gasteiger partial charge in [0.15, 0.2) is 0 Å². The number of primary amides is 1. The summed E-state index contributed by atoms with van der Waals surface area (Å²) in [6.07, 6.45) is 3.83. The van der Waals surface area contributed by atoms with Gasteiger partial charge in [0.1, 0.15) is 5.82 Å². The van der Waals surface area contributed by atoms with E-state index in [1.54, 1.807) is 24.3 Å². The highest BCUT2D eigenvalue weighted by Crippen LogP contribution is 2.10. The number of rotatable bonds is 7. The lowest BCUT2D eigenvalue weighted by Gasteiger charge is -2.34. The lowest BCUT2D eigenvalue weighted by molar-refractivity contribution is -0.117. The molecule has 0 atom stereocenters. The second kappa shape index (κ2) is 8.79. The van der Waals surface area contributed by atoms with Crippen molar-refractivity contribution >= 4 is 17.5 Å². The molecule has 3 N–H and O–H groups in total. The van der Waals surface area contributed by atoms with E-state index in [0.717, 1.165) is 45.1 Å². The maximum Gasteiger partial charge on any atom is 0.248 e. The number of hydrogen-bond acceptors (Lipinski definition) is 5. The number of hydrogen-bond donors (Lipinski definition) is 2. The van der Waals surface area contributed by atoms with Crippen LogP contribution in [0.1, 0.15) is 16.2 Å². The van der Waals surface area contributed by atoms with Crippen LogP contribution >= 0.6 is 0 Å². The van der Waals surface area contributed by atoms with Crippen LogP contribution < -0.4 is 11.1 Å². The molecule has 2 amide bonds. The zero-order chi connectivity index (χ0) is 19.2. The molecule has 1 aromatic carbocycles. The number of imidazole rings is 1. The Morgan fingerprint density at radius 1 is 1.07 bits per heavy atom. The highest BCUT2D eigenvalue weighted by Gasteiger charge is 2.19. The molecule has 144 valence electrons. The first kappa shape index (κ1) is 19.1. The summed E-state index contributed by atoms with van der Waals surface area (Å²) >= 11 is 0. The van der Waals surface area contributed by atoms with E-state index in [1.807, 2.05) is 19.3 Å². The van der Waals surface area contributed by atoms with Crippen LogP contribution in [0.4, 0.5) is 5.69 Å². The van der Waals surface area contributed by atoms with Gasteiger partial charge in [0.05, 0.1) is 6.54 Å². The summed E-state index contributed by atoms with van der Waals surface area (Å²) in [5.74, 6) is 0.507. The Bertz CT molecular complexity index is 778. The standard InChI is InChI=1S/C19H26N6O2/c1-15-21-6-7-25(15)13-12-23-8-10-24(11-9-23)14-18(26)22-17-4-2-16(3-5-17)19(20)27/h2-7H,8-14H2,1H3,(H2,20,27)(H,22,26). The van der Waals surface area contributed by atoms with Crippen LogP contribution in [0.25, 0.3) is 0 Å². The van der Waals surface area contributed by atoms with E-state index in [9.17, 15) is 9.59 Å². The number of carbonyl (C=O) groups excluding carboxylic acids is 2. The van der Waals surface area contributed by atoms with Gasteiger partial charge in [-0.25, -0.2) is 4.98 Å². The number of nitrogens with zero attached hydrogens (tertiary/aromatic N) is 4. The van der Waals surface area contributed by atoms with E-state index < -0.39 is 5.91 Å². The van der Waals surface area contributed by atoms with Crippen LogP contribution in [0.3, 0.4) is 0 Å². The molecule has 1 aliphatic heterocycles. The fourth-order valence-corrected chi connectivity index (χ4v) is 3.18. The summed E-state index contributed by atoms with van der Waals surface area (Å²) in [6, 6.07) is 6.60. The number of aromatic nitrogens is 2. The average Bonchev–Trinajstić information content (AvgIpc) is 3.06. The van der Waals surface area contributed by atoms with Crippen LogP contribution in [0, 0.1) is 6.92 Å². The topological polar surface area (TPSA) is 96.5 Å². The fourth-order valence-electron chi connectivity index (χ4n) is 3.18. The number of aryl methyl sites for hydroxylation is 1. The van der Waals surface area contributed by atoms with Crippen molar-refractivity contribution in [3.05, 3.63) is 48.0 Å². The smallest absolute Gasteiger partial charge is 0.248 e. The molecule has 27 heavy (non-hydrogen) atoms. The van der Waals surface area contributed by atoms with E-state index in [0.29, 0.717) is 17.8 Å². The third-order valence-electron chi connectivity index (χ3n) is 4.87. The lowest BCUT2D eigenvalue weighted by atomic mass is 10.2. The molecule has 1 saturated heterocycles. The summed E-state index contributed by atoms with van der Waals surface area (Å²) in [4.78, 5) is 32.1. The molecule has 1 aromatic heterocycles. The Labute approximate surface area is 159 Å². The van der Waals surface area contributed by atoms with E-state index in [4.69, 9.17) is 5.73 Å². The van der Waals surface area contributed by atoms with E-state index in [1.165, 1.54) is 0 Å². The molecule has 0 spiro atoms. The predicted octanol–water partition coefficient (Wildman–Crippen LogP) is 0.547. The van der Waals surface area contributed by atoms with Crippen LogP contribution in [0.5, 0.6) is 0 Å². The highest BCUT2D eigenvalue weighted by atomic mass is 16.2. The molecule has 0 radical (unpaired) electrons. The van der Waals surface area contributed by atoms with Crippen LogP contribution in [0.2, 0.25) is 0 Å². The van der Waals surface area contributed by atoms with Crippen molar-refractivity contribution in [2.75, 3.05) is 44.6 Å². The summed E-state index contributed by atoms with van der Waals surface area (Å²) < 4.78 is 2.16. The molecule has 2 aromatic rings. The van der Waals surface area contributed by atoms with Crippen molar-refractivity contribution in [3.63, 3.8) is 0 Å². The summed E-state index contributed by atoms with van der Waals surface area (Å²) in [7, 11) is 0. The minimum atomic E-state index is -0.478. The van der Waals surface area contributed by atoms with Crippen LogP contribution in [-0.4, -0.2) is 70.4 Å². The Balaban J connectivity index is 1.38. The largest absolute Gasteiger partial charge is 0.366 e. The number of carbonyl (C=O) groups is 2. The van der Waals surface area contributed by atoms with Gasteiger partial charge in [-0.05, 0) is 31.2 Å². The van der Waals surface area contributed by atoms with Crippen molar-refractivity contribution < 1.29 is 9.59 Å². The average molecular weight is 370 g/mol. The Kier molecular flexibility index (Phi) is 6.20. The van der Waals surface area contributed by atoms with Gasteiger partial charge in [-0.15, -0.1) is 0 Å². The maximum atomic E-state index is 12.2. The normalized spacial score (nSPS) is 15.6. The van der Waals surface area contributed by atoms with Gasteiger partial charge in [-0.2, -0.15) is 0 Å². The van der Waals surface area contributed by atoms with Gasteiger partial charge in [-0.1, -0.05) is 0 Å². The maximum absolute atomic E-state index is 12.2. The van der Waals surface area contributed by atoms with E-state index in [-0.39, 0.29) is 5.91 Å². The summed E-state index contributed by atoms with van der Waals surface area (Å²) in [6.45, 7) is 7.96. The van der Waals surface area contributed by atoms with Crippen molar-refractivity contribution in [2.45, 2.75) is 13.5 Å². The molecule has 3 rings (SSSR count). The first-order chi connectivity index (χ1) is 13.0. The number of piperazine rings is 1. The van der Waals surface area contributed by atoms with Crippen molar-refractivity contribution in [1.82, 2.24) is 19.4 Å². The third kappa shape index (κ3) is 5.38. The Hall–Kier alpha value is -2.71. The summed E-state index contributed by atoms with van der Waals surface area (Å²) in [5.41, 5.74) is 6.31. The number of amides is 2. The van der Waals surface area contributed by atoms with Crippen molar-refractivity contribution in [1.29, 1.82) is 0 Å². The molecule has 1 fully saturated rings. The minimum Gasteiger partial charge on any atom is -0.366 e. The third-order valence-corrected chi connectivity index (χ3v) is 4.87. The van der Waals surface area contributed by atoms with E-state index >= 15 is 0 Å². The highest BCUT2D eigenvalue weighted by molar-refractivity contribution is 5.95. The quantitative estimate of drug-likeness (QED) is 0.742. The van der Waals surface area contributed by atoms with Crippen LogP contribution in [-0.2, 0) is 11.3 Å². The molecule has 0 saturated carbocycles. The van der Waals surface area contributed by atoms with Crippen molar-refractivity contribution in [3.8, 4) is 0 Å². The fraction of sp³-hybridized carbons (Fsp3) is 0.421. The number of benzene rings is 1. The van der Waals surface area contributed by atoms with Gasteiger partial charge in [0, 0.05) is 62.9 Å². The first-order valence-electron chi connectivity index (χ1n) is 9.13. The minimum absolute atomic E-state index is 0.0516. The molecular weight excluding hydrogens is 344 g/mol. The number of nitrogens with one attached hydrogen (secondary N) is 1. The molecule has 0 aliphatic carbocycles. The van der Waals surface area contributed by atoms with Gasteiger partial charge >= 0.3 is 0 Å². The van der Waals surface area contributed by atoms with Gasteiger partial charge in [0.25, 0.3) is 0 Å². The molecule has 8 heteroatoms. The number of nitrogens with two attached hydrogens (primary N) is 1. The predicted molar refractivity (Wildman–Crippen MR) is 103 cm³/mol. The van der Waals surface area contributed by atoms with Gasteiger partial charge in [0.2, 0.25) is 11.8 Å². The Morgan fingerprint density at radius 3 is 2.33 bits per heavy atom. The zero-order valence-corrected chi connectivity index (χ0v) is 15.6. The van der Waals surface area contributed by atoms with Crippen molar-refractivity contribution in [2.24, 2.45) is 5.73 Å². The molecule has 0 bridgehead atoms. The lowest BCUT2D eigenvalue weighted by Crippen LogP contribution is -2.49. The molecular formula is C19H26N6O2. The van der Waals surface area contributed by atoms with Gasteiger partial charge in [-0.3, -0.25) is 19.4 Å². The SMILES string of the molecule is Cc1nccn1CCN1CCN(CC(=O)Nc2ccc(C(N)=O)cc2)CC1. The summed E-state index contributed by atoms with van der Waals surface area (Å²) in [5, 5.41) is 2.86. The number of anilines is 1. The van der Waals surface area contributed by atoms with Crippen LogP contribution in [0.15, 0.2) is 36.7 Å². The monoisotopic (exact) mass is 370 g/mol. The molecule has 1 aliphatic rings. The Morgan fingerprint density at radius 2 is 1.74 bits per heavy atom. The first-order valence-corrected chi connectivity index (χ1v) is 9.13. The molecule has 2 heterocycles. The second-order valence-electron chi connectivity index (χ2n) is 6.78. The van der Waals surface area contributed by atoms with E-state index in [2.05, 4.69) is 24.7 Å². The zero-order valence-electron chi connectivity index (χ0n) is 15.6. The molecule has 8 nitrogen and oxygen atoms in total.